The van der Waals surface area contributed by atoms with Crippen LogP contribution in [0, 0.1) is 5.92 Å². The quantitative estimate of drug-likeness (QED) is 0.564. The van der Waals surface area contributed by atoms with Gasteiger partial charge >= 0.3 is 6.61 Å². The van der Waals surface area contributed by atoms with Crippen molar-refractivity contribution >= 4 is 23.2 Å². The number of benzene rings is 1. The summed E-state index contributed by atoms with van der Waals surface area (Å²) < 4.78 is 35.9. The number of carbonyl (C=O) groups is 2. The van der Waals surface area contributed by atoms with E-state index in [9.17, 15) is 18.4 Å². The second-order valence-corrected chi connectivity index (χ2v) is 8.57. The summed E-state index contributed by atoms with van der Waals surface area (Å²) in [6, 6.07) is 4.11. The first-order valence-corrected chi connectivity index (χ1v) is 11.0. The summed E-state index contributed by atoms with van der Waals surface area (Å²) in [5, 5.41) is 2.72. The van der Waals surface area contributed by atoms with Crippen LogP contribution in [-0.4, -0.2) is 68.3 Å². The maximum absolute atomic E-state index is 13.1. The molecule has 1 aromatic rings. The molecule has 32 heavy (non-hydrogen) atoms. The van der Waals surface area contributed by atoms with Crippen molar-refractivity contribution in [2.75, 3.05) is 43.1 Å². The molecule has 2 aliphatic rings. The summed E-state index contributed by atoms with van der Waals surface area (Å²) in [4.78, 5) is 28.8. The first-order chi connectivity index (χ1) is 15.3. The van der Waals surface area contributed by atoms with E-state index in [1.807, 2.05) is 0 Å². The molecule has 1 aromatic carbocycles. The predicted molar refractivity (Wildman–Crippen MR) is 117 cm³/mol. The average Bonchev–Trinajstić information content (AvgIpc) is 2.68. The van der Waals surface area contributed by atoms with Crippen molar-refractivity contribution in [3.8, 4) is 5.75 Å². The van der Waals surface area contributed by atoms with Crippen molar-refractivity contribution in [1.29, 1.82) is 0 Å². The molecule has 2 amide bonds. The van der Waals surface area contributed by atoms with E-state index < -0.39 is 12.7 Å². The van der Waals surface area contributed by atoms with E-state index >= 15 is 0 Å². The average molecular weight is 455 g/mol. The SMILES string of the molecule is CC(C)CN(C1CCC1)[C@H](CN)C(=O)Nc1ccc(N2CCOCC2=O)cc1OC(F)F. The molecule has 2 fully saturated rings. The number of ether oxygens (including phenoxy) is 2. The number of morpholine rings is 1. The lowest BCUT2D eigenvalue weighted by Gasteiger charge is -2.42. The smallest absolute Gasteiger partial charge is 0.387 e. The van der Waals surface area contributed by atoms with E-state index in [1.54, 1.807) is 6.07 Å². The highest BCUT2D eigenvalue weighted by Crippen LogP contribution is 2.33. The summed E-state index contributed by atoms with van der Waals surface area (Å²) >= 11 is 0. The number of halogens is 2. The first kappa shape index (κ1) is 24.3. The van der Waals surface area contributed by atoms with Crippen molar-refractivity contribution in [2.45, 2.75) is 51.8 Å². The Morgan fingerprint density at radius 2 is 2.12 bits per heavy atom. The fraction of sp³-hybridized carbons (Fsp3) is 0.636. The Kier molecular flexibility index (Phi) is 8.38. The fourth-order valence-electron chi connectivity index (χ4n) is 4.05. The van der Waals surface area contributed by atoms with Gasteiger partial charge in [-0.2, -0.15) is 8.78 Å². The zero-order valence-corrected chi connectivity index (χ0v) is 18.6. The Hall–Kier alpha value is -2.30. The van der Waals surface area contributed by atoms with Crippen molar-refractivity contribution in [3.63, 3.8) is 0 Å². The molecule has 0 unspecified atom stereocenters. The van der Waals surface area contributed by atoms with Gasteiger partial charge in [0.2, 0.25) is 5.91 Å². The lowest BCUT2D eigenvalue weighted by atomic mass is 9.89. The van der Waals surface area contributed by atoms with E-state index in [-0.39, 0.29) is 36.4 Å². The van der Waals surface area contributed by atoms with Gasteiger partial charge in [-0.15, -0.1) is 0 Å². The van der Waals surface area contributed by atoms with Crippen molar-refractivity contribution in [2.24, 2.45) is 11.7 Å². The molecular formula is C22H32F2N4O4. The number of nitrogens with zero attached hydrogens (tertiary/aromatic N) is 2. The highest BCUT2D eigenvalue weighted by atomic mass is 19.3. The molecule has 3 N–H and O–H groups in total. The van der Waals surface area contributed by atoms with Gasteiger partial charge < -0.3 is 25.4 Å². The Morgan fingerprint density at radius 1 is 1.38 bits per heavy atom. The van der Waals surface area contributed by atoms with E-state index in [4.69, 9.17) is 10.5 Å². The minimum atomic E-state index is -3.08. The number of rotatable bonds is 10. The largest absolute Gasteiger partial charge is 0.433 e. The third-order valence-corrected chi connectivity index (χ3v) is 5.78. The van der Waals surface area contributed by atoms with Crippen LogP contribution in [0.25, 0.3) is 0 Å². The van der Waals surface area contributed by atoms with Gasteiger partial charge in [0.15, 0.2) is 5.75 Å². The molecule has 0 aromatic heterocycles. The van der Waals surface area contributed by atoms with E-state index in [0.29, 0.717) is 30.8 Å². The molecule has 8 nitrogen and oxygen atoms in total. The molecule has 1 aliphatic carbocycles. The predicted octanol–water partition coefficient (Wildman–Crippen LogP) is 2.43. The van der Waals surface area contributed by atoms with Crippen molar-refractivity contribution in [1.82, 2.24) is 4.90 Å². The molecule has 1 heterocycles. The molecule has 178 valence electrons. The molecule has 0 radical (unpaired) electrons. The lowest BCUT2D eigenvalue weighted by Crippen LogP contribution is -2.55. The van der Waals surface area contributed by atoms with Crippen molar-refractivity contribution in [3.05, 3.63) is 18.2 Å². The number of hydrogen-bond donors (Lipinski definition) is 2. The van der Waals surface area contributed by atoms with Crippen LogP contribution in [0.5, 0.6) is 5.75 Å². The van der Waals surface area contributed by atoms with Crippen LogP contribution in [0.1, 0.15) is 33.1 Å². The second-order valence-electron chi connectivity index (χ2n) is 8.57. The molecule has 0 spiro atoms. The van der Waals surface area contributed by atoms with Gasteiger partial charge in [-0.1, -0.05) is 20.3 Å². The molecule has 1 saturated heterocycles. The van der Waals surface area contributed by atoms with E-state index in [2.05, 4.69) is 28.8 Å². The third-order valence-electron chi connectivity index (χ3n) is 5.78. The number of carbonyl (C=O) groups excluding carboxylic acids is 2. The van der Waals surface area contributed by atoms with Crippen LogP contribution in [-0.2, 0) is 14.3 Å². The minimum Gasteiger partial charge on any atom is -0.433 e. The number of amides is 2. The second kappa shape index (κ2) is 11.0. The van der Waals surface area contributed by atoms with E-state index in [0.717, 1.165) is 25.8 Å². The lowest BCUT2D eigenvalue weighted by molar-refractivity contribution is -0.125. The molecule has 1 aliphatic heterocycles. The summed E-state index contributed by atoms with van der Waals surface area (Å²) in [5.74, 6) is -0.501. The number of nitrogens with two attached hydrogens (primary N) is 1. The summed E-state index contributed by atoms with van der Waals surface area (Å²) in [7, 11) is 0. The van der Waals surface area contributed by atoms with Crippen LogP contribution in [0.2, 0.25) is 0 Å². The standard InChI is InChI=1S/C22H32F2N4O4/c1-14(2)12-28(15-4-3-5-15)18(11-25)21(30)26-17-7-6-16(10-19(17)32-22(23)24)27-8-9-31-13-20(27)29/h6-7,10,14-15,18,22H,3-5,8-9,11-13,25H2,1-2H3,(H,26,30)/t18-/m1/s1. The topological polar surface area (TPSA) is 97.1 Å². The monoisotopic (exact) mass is 454 g/mol. The zero-order valence-electron chi connectivity index (χ0n) is 18.6. The molecule has 3 rings (SSSR count). The first-order valence-electron chi connectivity index (χ1n) is 11.0. The maximum atomic E-state index is 13.1. The van der Waals surface area contributed by atoms with Gasteiger partial charge in [-0.3, -0.25) is 14.5 Å². The van der Waals surface area contributed by atoms with Crippen LogP contribution in [0.3, 0.4) is 0 Å². The number of nitrogens with one attached hydrogen (secondary N) is 1. The third kappa shape index (κ3) is 5.93. The van der Waals surface area contributed by atoms with Crippen molar-refractivity contribution < 1.29 is 27.8 Å². The van der Waals surface area contributed by atoms with Crippen LogP contribution >= 0.6 is 0 Å². The summed E-state index contributed by atoms with van der Waals surface area (Å²) in [6.45, 7) is 2.49. The van der Waals surface area contributed by atoms with Gasteiger partial charge in [-0.05, 0) is 30.9 Å². The van der Waals surface area contributed by atoms with Gasteiger partial charge in [0.05, 0.1) is 12.3 Å². The van der Waals surface area contributed by atoms with Crippen LogP contribution in [0.4, 0.5) is 20.2 Å². The fourth-order valence-corrected chi connectivity index (χ4v) is 4.05. The van der Waals surface area contributed by atoms with Gasteiger partial charge in [0.25, 0.3) is 5.91 Å². The Bertz CT molecular complexity index is 804. The molecule has 0 bridgehead atoms. The Morgan fingerprint density at radius 3 is 2.69 bits per heavy atom. The Balaban J connectivity index is 1.81. The van der Waals surface area contributed by atoms with Gasteiger partial charge in [0, 0.05) is 37.4 Å². The van der Waals surface area contributed by atoms with Gasteiger partial charge in [0.1, 0.15) is 12.6 Å². The molecule has 1 atom stereocenters. The van der Waals surface area contributed by atoms with E-state index in [1.165, 1.54) is 17.0 Å². The molecule has 10 heteroatoms. The van der Waals surface area contributed by atoms with Crippen LogP contribution < -0.4 is 20.7 Å². The van der Waals surface area contributed by atoms with Crippen LogP contribution in [0.15, 0.2) is 18.2 Å². The summed E-state index contributed by atoms with van der Waals surface area (Å²) in [5.41, 5.74) is 6.48. The summed E-state index contributed by atoms with van der Waals surface area (Å²) in [6.07, 6.45) is 3.14. The maximum Gasteiger partial charge on any atom is 0.387 e. The van der Waals surface area contributed by atoms with Gasteiger partial charge in [-0.25, -0.2) is 0 Å². The molecular weight excluding hydrogens is 422 g/mol. The minimum absolute atomic E-state index is 0.0748. The Labute approximate surface area is 187 Å². The normalized spacial score (nSPS) is 18.2. The number of anilines is 2. The zero-order chi connectivity index (χ0) is 23.3. The number of alkyl halides is 2. The molecule has 1 saturated carbocycles. The number of hydrogen-bond acceptors (Lipinski definition) is 6. The highest BCUT2D eigenvalue weighted by molar-refractivity contribution is 5.98. The highest BCUT2D eigenvalue weighted by Gasteiger charge is 2.34.